The number of hydrogen-bond acceptors (Lipinski definition) is 4. The quantitative estimate of drug-likeness (QED) is 0.406. The molecular weight excluding hydrogens is 227 g/mol. The van der Waals surface area contributed by atoms with Crippen molar-refractivity contribution < 1.29 is 17.3 Å². The Balaban J connectivity index is 2.99. The number of ether oxygens (including phenoxy) is 2. The van der Waals surface area contributed by atoms with Gasteiger partial charge >= 0.3 is 6.16 Å². The van der Waals surface area contributed by atoms with Gasteiger partial charge in [-0.05, 0) is 0 Å². The molecule has 0 aliphatic carbocycles. The molecule has 0 bridgehead atoms. The number of methoxy groups -OCH3 is 1. The zero-order valence-electron chi connectivity index (χ0n) is 4.22. The lowest BCUT2D eigenvalue weighted by Gasteiger charge is -1.96. The zero-order valence-corrected chi connectivity index (χ0v) is 6.38. The van der Waals surface area contributed by atoms with Crippen LogP contribution in [0.2, 0.25) is 0 Å². The summed E-state index contributed by atoms with van der Waals surface area (Å²) < 4.78 is 12.7. The highest BCUT2D eigenvalue weighted by atomic mass is 127. The summed E-state index contributed by atoms with van der Waals surface area (Å²) in [6.45, 7) is -0.0762. The molecule has 0 unspecified atom stereocenters. The van der Waals surface area contributed by atoms with Crippen LogP contribution in [-0.4, -0.2) is 20.1 Å². The SMILES string of the molecule is COC(=O)OCOI. The van der Waals surface area contributed by atoms with Gasteiger partial charge in [-0.25, -0.2) is 4.79 Å². The van der Waals surface area contributed by atoms with E-state index in [1.165, 1.54) is 7.11 Å². The molecule has 0 aromatic heterocycles. The van der Waals surface area contributed by atoms with Crippen molar-refractivity contribution in [3.05, 3.63) is 0 Å². The van der Waals surface area contributed by atoms with Gasteiger partial charge in [0.25, 0.3) is 0 Å². The summed E-state index contributed by atoms with van der Waals surface area (Å²) in [6.07, 6.45) is -0.735. The van der Waals surface area contributed by atoms with E-state index in [2.05, 4.69) is 12.5 Å². The Kier molecular flexibility index (Phi) is 5.08. The van der Waals surface area contributed by atoms with Gasteiger partial charge < -0.3 is 9.47 Å². The van der Waals surface area contributed by atoms with E-state index in [1.807, 2.05) is 0 Å². The predicted molar refractivity (Wildman–Crippen MR) is 33.5 cm³/mol. The summed E-state index contributed by atoms with van der Waals surface area (Å²) in [7, 11) is 1.23. The van der Waals surface area contributed by atoms with Crippen molar-refractivity contribution in [3.8, 4) is 0 Å². The van der Waals surface area contributed by atoms with E-state index in [0.29, 0.717) is 0 Å². The minimum Gasteiger partial charge on any atom is -0.438 e. The molecule has 48 valence electrons. The molecule has 4 nitrogen and oxygen atoms in total. The molecule has 0 spiro atoms. The fraction of sp³-hybridized carbons (Fsp3) is 0.667. The van der Waals surface area contributed by atoms with Crippen molar-refractivity contribution in [2.24, 2.45) is 0 Å². The van der Waals surface area contributed by atoms with Gasteiger partial charge in [0.2, 0.25) is 6.79 Å². The molecule has 0 aromatic rings. The van der Waals surface area contributed by atoms with Crippen LogP contribution in [-0.2, 0) is 12.5 Å². The van der Waals surface area contributed by atoms with Crippen LogP contribution in [0.15, 0.2) is 0 Å². The summed E-state index contributed by atoms with van der Waals surface area (Å²) >= 11 is 1.60. The average molecular weight is 232 g/mol. The lowest BCUT2D eigenvalue weighted by Crippen LogP contribution is -2.04. The van der Waals surface area contributed by atoms with Crippen molar-refractivity contribution in [1.82, 2.24) is 0 Å². The Morgan fingerprint density at radius 1 is 1.75 bits per heavy atom. The van der Waals surface area contributed by atoms with E-state index in [4.69, 9.17) is 0 Å². The highest BCUT2D eigenvalue weighted by molar-refractivity contribution is 14.1. The van der Waals surface area contributed by atoms with Crippen LogP contribution in [0.25, 0.3) is 0 Å². The number of carbonyl (C=O) groups excluding carboxylic acids is 1. The molecule has 0 amide bonds. The second-order valence-electron chi connectivity index (χ2n) is 0.825. The van der Waals surface area contributed by atoms with E-state index in [-0.39, 0.29) is 6.79 Å². The Labute approximate surface area is 60.8 Å². The molecule has 0 aliphatic heterocycles. The molecule has 0 N–H and O–H groups in total. The summed E-state index contributed by atoms with van der Waals surface area (Å²) in [6, 6.07) is 0. The van der Waals surface area contributed by atoms with E-state index in [0.717, 1.165) is 0 Å². The van der Waals surface area contributed by atoms with Gasteiger partial charge in [-0.3, -0.25) is 3.07 Å². The molecule has 0 rings (SSSR count). The van der Waals surface area contributed by atoms with Gasteiger partial charge in [-0.2, -0.15) is 0 Å². The maximum Gasteiger partial charge on any atom is 0.510 e. The van der Waals surface area contributed by atoms with Crippen LogP contribution in [0.3, 0.4) is 0 Å². The predicted octanol–water partition coefficient (Wildman–Crippen LogP) is 1.09. The lowest BCUT2D eigenvalue weighted by atomic mass is 11.3. The first-order chi connectivity index (χ1) is 3.81. The van der Waals surface area contributed by atoms with Crippen molar-refractivity contribution in [2.45, 2.75) is 0 Å². The number of halogens is 1. The number of rotatable bonds is 2. The summed E-state index contributed by atoms with van der Waals surface area (Å²) in [5.74, 6) is 0. The zero-order chi connectivity index (χ0) is 6.41. The van der Waals surface area contributed by atoms with Crippen LogP contribution in [0.5, 0.6) is 0 Å². The normalized spacial score (nSPS) is 8.25. The highest BCUT2D eigenvalue weighted by Crippen LogP contribution is 1.87. The maximum absolute atomic E-state index is 10.0. The van der Waals surface area contributed by atoms with Crippen LogP contribution < -0.4 is 0 Å². The molecule has 0 aromatic carbocycles. The third kappa shape index (κ3) is 4.13. The molecule has 0 aliphatic rings. The standard InChI is InChI=1S/C3H5IO4/c1-6-3(5)7-2-8-4/h2H2,1H3. The third-order valence-electron chi connectivity index (χ3n) is 0.388. The first-order valence-electron chi connectivity index (χ1n) is 1.75. The molecule has 5 heteroatoms. The molecule has 0 saturated heterocycles. The largest absolute Gasteiger partial charge is 0.510 e. The summed E-state index contributed by atoms with van der Waals surface area (Å²) in [5.41, 5.74) is 0. The fourth-order valence-electron chi connectivity index (χ4n) is 0.129. The number of carbonyl (C=O) groups is 1. The third-order valence-corrected chi connectivity index (χ3v) is 0.642. The van der Waals surface area contributed by atoms with Gasteiger partial charge in [0.05, 0.1) is 7.11 Å². The van der Waals surface area contributed by atoms with E-state index in [9.17, 15) is 4.79 Å². The van der Waals surface area contributed by atoms with Crippen LogP contribution in [0.1, 0.15) is 0 Å². The monoisotopic (exact) mass is 232 g/mol. The second kappa shape index (κ2) is 5.10. The molecule has 8 heavy (non-hydrogen) atoms. The van der Waals surface area contributed by atoms with E-state index < -0.39 is 6.16 Å². The van der Waals surface area contributed by atoms with Gasteiger partial charge in [-0.15, -0.1) is 0 Å². The first-order valence-corrected chi connectivity index (χ1v) is 2.63. The lowest BCUT2D eigenvalue weighted by molar-refractivity contribution is 0.0313. The van der Waals surface area contributed by atoms with E-state index >= 15 is 0 Å². The number of hydrogen-bond donors (Lipinski definition) is 0. The summed E-state index contributed by atoms with van der Waals surface area (Å²) in [4.78, 5) is 10.0. The molecular formula is C3H5IO4. The minimum absolute atomic E-state index is 0.0762. The van der Waals surface area contributed by atoms with E-state index in [1.54, 1.807) is 23.0 Å². The van der Waals surface area contributed by atoms with Crippen LogP contribution >= 0.6 is 23.0 Å². The minimum atomic E-state index is -0.735. The van der Waals surface area contributed by atoms with Crippen LogP contribution in [0.4, 0.5) is 4.79 Å². The van der Waals surface area contributed by atoms with Crippen LogP contribution in [0, 0.1) is 0 Å². The first kappa shape index (κ1) is 7.96. The second-order valence-corrected chi connectivity index (χ2v) is 1.45. The Bertz CT molecular complexity index is 73.7. The summed E-state index contributed by atoms with van der Waals surface area (Å²) in [5, 5.41) is 0. The van der Waals surface area contributed by atoms with Gasteiger partial charge in [0.1, 0.15) is 23.0 Å². The van der Waals surface area contributed by atoms with Gasteiger partial charge in [0, 0.05) is 0 Å². The molecule has 0 heterocycles. The Morgan fingerprint density at radius 3 is 2.75 bits per heavy atom. The van der Waals surface area contributed by atoms with Gasteiger partial charge in [0.15, 0.2) is 0 Å². The average Bonchev–Trinajstić information content (AvgIpc) is 1.83. The Morgan fingerprint density at radius 2 is 2.38 bits per heavy atom. The van der Waals surface area contributed by atoms with Crippen molar-refractivity contribution in [1.29, 1.82) is 0 Å². The van der Waals surface area contributed by atoms with Gasteiger partial charge in [-0.1, -0.05) is 0 Å². The molecule has 0 radical (unpaired) electrons. The molecule has 0 atom stereocenters. The topological polar surface area (TPSA) is 44.8 Å². The highest BCUT2D eigenvalue weighted by Gasteiger charge is 1.96. The molecule has 0 fully saturated rings. The molecule has 0 saturated carbocycles. The smallest absolute Gasteiger partial charge is 0.438 e. The fourth-order valence-corrected chi connectivity index (χ4v) is 0.256. The van der Waals surface area contributed by atoms with Crippen molar-refractivity contribution >= 4 is 29.2 Å². The maximum atomic E-state index is 10.0. The van der Waals surface area contributed by atoms with Crippen molar-refractivity contribution in [2.75, 3.05) is 13.9 Å². The Hall–Kier alpha value is -0.0400. The van der Waals surface area contributed by atoms with Crippen molar-refractivity contribution in [3.63, 3.8) is 0 Å².